The molecule has 1 aromatic carbocycles. The van der Waals surface area contributed by atoms with Gasteiger partial charge < -0.3 is 10.5 Å². The van der Waals surface area contributed by atoms with Crippen LogP contribution in [0.5, 0.6) is 0 Å². The highest BCUT2D eigenvalue weighted by molar-refractivity contribution is 6.31. The zero-order chi connectivity index (χ0) is 11.3. The van der Waals surface area contributed by atoms with Gasteiger partial charge in [-0.15, -0.1) is 0 Å². The van der Waals surface area contributed by atoms with Crippen LogP contribution in [0.3, 0.4) is 0 Å². The second-order valence-corrected chi connectivity index (χ2v) is 3.18. The van der Waals surface area contributed by atoms with Gasteiger partial charge in [0.2, 0.25) is 0 Å². The number of halogens is 1. The molecule has 3 nitrogen and oxygen atoms in total. The van der Waals surface area contributed by atoms with Crippen LogP contribution in [-0.4, -0.2) is 12.6 Å². The molecule has 78 valence electrons. The van der Waals surface area contributed by atoms with Gasteiger partial charge in [0.1, 0.15) is 0 Å². The first kappa shape index (κ1) is 11.4. The normalized spacial score (nSPS) is 8.93. The molecule has 0 aliphatic carbocycles. The van der Waals surface area contributed by atoms with E-state index in [0.29, 0.717) is 22.9 Å². The van der Waals surface area contributed by atoms with Crippen molar-refractivity contribution in [1.82, 2.24) is 0 Å². The van der Waals surface area contributed by atoms with Crippen molar-refractivity contribution < 1.29 is 9.53 Å². The van der Waals surface area contributed by atoms with Crippen LogP contribution in [0.4, 0.5) is 5.69 Å². The summed E-state index contributed by atoms with van der Waals surface area (Å²) in [6.07, 6.45) is 0. The quantitative estimate of drug-likeness (QED) is 0.449. The number of rotatable bonds is 1. The molecule has 0 atom stereocenters. The highest BCUT2D eigenvalue weighted by Gasteiger charge is 1.96. The topological polar surface area (TPSA) is 52.3 Å². The van der Waals surface area contributed by atoms with E-state index in [1.807, 2.05) is 0 Å². The first-order valence-electron chi connectivity index (χ1n) is 4.36. The van der Waals surface area contributed by atoms with Crippen LogP contribution >= 0.6 is 11.6 Å². The fraction of sp³-hybridized carbons (Fsp3) is 0.182. The van der Waals surface area contributed by atoms with E-state index in [-0.39, 0.29) is 0 Å². The fourth-order valence-corrected chi connectivity index (χ4v) is 1.22. The average molecular weight is 224 g/mol. The minimum absolute atomic E-state index is 0.311. The monoisotopic (exact) mass is 223 g/mol. The highest BCUT2D eigenvalue weighted by atomic mass is 35.5. The highest BCUT2D eigenvalue weighted by Crippen LogP contribution is 2.15. The number of ether oxygens (including phenoxy) is 1. The summed E-state index contributed by atoms with van der Waals surface area (Å²) in [6.45, 7) is 2.03. The van der Waals surface area contributed by atoms with Gasteiger partial charge in [-0.2, -0.15) is 0 Å². The van der Waals surface area contributed by atoms with Crippen molar-refractivity contribution in [3.05, 3.63) is 28.8 Å². The lowest BCUT2D eigenvalue weighted by Gasteiger charge is -1.96. The third-order valence-corrected chi connectivity index (χ3v) is 1.72. The molecule has 0 radical (unpaired) electrons. The lowest BCUT2D eigenvalue weighted by atomic mass is 10.2. The predicted octanol–water partition coefficient (Wildman–Crippen LogP) is 1.84. The number of anilines is 1. The maximum absolute atomic E-state index is 10.9. The van der Waals surface area contributed by atoms with Crippen LogP contribution in [0.1, 0.15) is 12.5 Å². The van der Waals surface area contributed by atoms with Gasteiger partial charge in [-0.05, 0) is 25.1 Å². The maximum atomic E-state index is 10.9. The zero-order valence-electron chi connectivity index (χ0n) is 8.21. The van der Waals surface area contributed by atoms with Gasteiger partial charge in [0.25, 0.3) is 0 Å². The summed E-state index contributed by atoms with van der Waals surface area (Å²) in [5.41, 5.74) is 6.66. The maximum Gasteiger partial charge on any atom is 0.384 e. The summed E-state index contributed by atoms with van der Waals surface area (Å²) in [6, 6.07) is 4.87. The molecule has 1 rings (SSSR count). The summed E-state index contributed by atoms with van der Waals surface area (Å²) in [5, 5.41) is 0.489. The first-order valence-corrected chi connectivity index (χ1v) is 4.74. The summed E-state index contributed by atoms with van der Waals surface area (Å²) in [4.78, 5) is 10.9. The molecule has 0 spiro atoms. The van der Waals surface area contributed by atoms with E-state index in [4.69, 9.17) is 17.3 Å². The minimum Gasteiger partial charge on any atom is -0.456 e. The zero-order valence-corrected chi connectivity index (χ0v) is 8.97. The van der Waals surface area contributed by atoms with Gasteiger partial charge in [0.05, 0.1) is 6.61 Å². The number of nitrogens with two attached hydrogens (primary N) is 1. The van der Waals surface area contributed by atoms with Crippen molar-refractivity contribution in [3.63, 3.8) is 0 Å². The van der Waals surface area contributed by atoms with Crippen LogP contribution < -0.4 is 5.73 Å². The molecule has 0 saturated carbocycles. The largest absolute Gasteiger partial charge is 0.456 e. The Hall–Kier alpha value is -1.66. The average Bonchev–Trinajstić information content (AvgIpc) is 2.14. The van der Waals surface area contributed by atoms with Gasteiger partial charge in [0, 0.05) is 22.2 Å². The van der Waals surface area contributed by atoms with Gasteiger partial charge >= 0.3 is 5.97 Å². The Kier molecular flexibility index (Phi) is 4.02. The molecule has 0 aliphatic heterocycles. The Morgan fingerprint density at radius 3 is 2.87 bits per heavy atom. The molecule has 0 bridgehead atoms. The Bertz CT molecular complexity index is 412. The Morgan fingerprint density at radius 2 is 2.27 bits per heavy atom. The molecule has 0 fully saturated rings. The van der Waals surface area contributed by atoms with Crippen molar-refractivity contribution in [2.24, 2.45) is 0 Å². The van der Waals surface area contributed by atoms with Gasteiger partial charge in [-0.3, -0.25) is 0 Å². The second-order valence-electron chi connectivity index (χ2n) is 2.74. The van der Waals surface area contributed by atoms with Crippen LogP contribution in [0, 0.1) is 11.8 Å². The Labute approximate surface area is 93.2 Å². The van der Waals surface area contributed by atoms with Crippen LogP contribution in [0.25, 0.3) is 0 Å². The summed E-state index contributed by atoms with van der Waals surface area (Å²) >= 11 is 5.76. The van der Waals surface area contributed by atoms with Gasteiger partial charge in [-0.1, -0.05) is 17.5 Å². The molecule has 0 aliphatic rings. The number of hydrogen-bond donors (Lipinski definition) is 1. The van der Waals surface area contributed by atoms with E-state index < -0.39 is 5.97 Å². The van der Waals surface area contributed by atoms with E-state index in [2.05, 4.69) is 16.6 Å². The molecule has 4 heteroatoms. The van der Waals surface area contributed by atoms with Gasteiger partial charge in [0.15, 0.2) is 0 Å². The number of nitrogen functional groups attached to an aromatic ring is 1. The third kappa shape index (κ3) is 3.92. The minimum atomic E-state index is -0.559. The van der Waals surface area contributed by atoms with Crippen molar-refractivity contribution in [2.75, 3.05) is 12.3 Å². The smallest absolute Gasteiger partial charge is 0.384 e. The standard InChI is InChI=1S/C11H10ClNO2/c1-2-15-11(14)4-3-8-5-9(12)7-10(13)6-8/h5-7H,2,13H2,1H3. The molecule has 15 heavy (non-hydrogen) atoms. The molecule has 2 N–H and O–H groups in total. The van der Waals surface area contributed by atoms with Crippen LogP contribution in [0.2, 0.25) is 5.02 Å². The predicted molar refractivity (Wildman–Crippen MR) is 59.4 cm³/mol. The summed E-state index contributed by atoms with van der Waals surface area (Å²) in [5.74, 6) is 4.39. The molecular formula is C11H10ClNO2. The van der Waals surface area contributed by atoms with E-state index in [1.165, 1.54) is 0 Å². The molecule has 0 heterocycles. The Balaban J connectivity index is 2.84. The first-order chi connectivity index (χ1) is 7.11. The van der Waals surface area contributed by atoms with E-state index in [9.17, 15) is 4.79 Å². The molecule has 0 aromatic heterocycles. The number of esters is 1. The number of carbonyl (C=O) groups excluding carboxylic acids is 1. The molecule has 0 unspecified atom stereocenters. The SMILES string of the molecule is CCOC(=O)C#Cc1cc(N)cc(Cl)c1. The molecule has 1 aromatic rings. The summed E-state index contributed by atoms with van der Waals surface area (Å²) in [7, 11) is 0. The van der Waals surface area contributed by atoms with Gasteiger partial charge in [-0.25, -0.2) is 4.79 Å². The van der Waals surface area contributed by atoms with Crippen molar-refractivity contribution in [1.29, 1.82) is 0 Å². The van der Waals surface area contributed by atoms with Crippen LogP contribution in [0.15, 0.2) is 18.2 Å². The molecular weight excluding hydrogens is 214 g/mol. The van der Waals surface area contributed by atoms with E-state index >= 15 is 0 Å². The number of benzene rings is 1. The van der Waals surface area contributed by atoms with E-state index in [1.54, 1.807) is 25.1 Å². The molecule has 0 amide bonds. The van der Waals surface area contributed by atoms with Crippen LogP contribution in [-0.2, 0) is 9.53 Å². The lowest BCUT2D eigenvalue weighted by Crippen LogP contribution is -1.99. The van der Waals surface area contributed by atoms with Crippen molar-refractivity contribution in [2.45, 2.75) is 6.92 Å². The third-order valence-electron chi connectivity index (χ3n) is 1.50. The second kappa shape index (κ2) is 5.28. The Morgan fingerprint density at radius 1 is 1.53 bits per heavy atom. The lowest BCUT2D eigenvalue weighted by molar-refractivity contribution is -0.136. The number of hydrogen-bond acceptors (Lipinski definition) is 3. The summed E-state index contributed by atoms with van der Waals surface area (Å²) < 4.78 is 4.65. The number of carbonyl (C=O) groups is 1. The van der Waals surface area contributed by atoms with Crippen molar-refractivity contribution >= 4 is 23.3 Å². The fourth-order valence-electron chi connectivity index (χ4n) is 0.975. The van der Waals surface area contributed by atoms with Crippen molar-refractivity contribution in [3.8, 4) is 11.8 Å². The van der Waals surface area contributed by atoms with E-state index in [0.717, 1.165) is 0 Å². The molecule has 0 saturated heterocycles.